The fourth-order valence-corrected chi connectivity index (χ4v) is 2.83. The molecule has 0 spiro atoms. The predicted molar refractivity (Wildman–Crippen MR) is 71.6 cm³/mol. The van der Waals surface area contributed by atoms with Crippen LogP contribution in [0, 0.1) is 0 Å². The van der Waals surface area contributed by atoms with E-state index >= 15 is 0 Å². The summed E-state index contributed by atoms with van der Waals surface area (Å²) in [7, 11) is 0. The molecule has 3 rings (SSSR count). The van der Waals surface area contributed by atoms with Gasteiger partial charge < -0.3 is 4.74 Å². The lowest BCUT2D eigenvalue weighted by Gasteiger charge is -2.25. The van der Waals surface area contributed by atoms with Crippen LogP contribution in [0.15, 0.2) is 36.4 Å². The molecule has 0 fully saturated rings. The number of ether oxygens (including phenoxy) is 1. The molecule has 0 radical (unpaired) electrons. The lowest BCUT2D eigenvalue weighted by Crippen LogP contribution is -2.32. The maximum Gasteiger partial charge on any atom is 0.124 e. The molecule has 0 aromatic heterocycles. The molecule has 1 nitrogen and oxygen atoms in total. The molecule has 2 aromatic rings. The van der Waals surface area contributed by atoms with Crippen LogP contribution in [0.1, 0.15) is 32.3 Å². The quantitative estimate of drug-likeness (QED) is 0.740. The normalized spacial score (nSPS) is 16.8. The molecule has 0 unspecified atom stereocenters. The Balaban J connectivity index is 2.17. The molecule has 17 heavy (non-hydrogen) atoms. The summed E-state index contributed by atoms with van der Waals surface area (Å²) in [4.78, 5) is 0. The molecular weight excluding hydrogens is 208 g/mol. The van der Waals surface area contributed by atoms with Gasteiger partial charge in [-0.25, -0.2) is 0 Å². The van der Waals surface area contributed by atoms with Crippen molar-refractivity contribution in [2.75, 3.05) is 0 Å². The Morgan fingerprint density at radius 3 is 2.59 bits per heavy atom. The lowest BCUT2D eigenvalue weighted by atomic mass is 9.90. The van der Waals surface area contributed by atoms with Gasteiger partial charge in [-0.3, -0.25) is 0 Å². The summed E-state index contributed by atoms with van der Waals surface area (Å²) >= 11 is 0. The van der Waals surface area contributed by atoms with Crippen molar-refractivity contribution in [1.29, 1.82) is 0 Å². The molecule has 0 bridgehead atoms. The van der Waals surface area contributed by atoms with Crippen molar-refractivity contribution in [3.8, 4) is 5.75 Å². The summed E-state index contributed by atoms with van der Waals surface area (Å²) < 4.78 is 6.20. The lowest BCUT2D eigenvalue weighted by molar-refractivity contribution is 0.0858. The van der Waals surface area contributed by atoms with Gasteiger partial charge in [0.25, 0.3) is 0 Å². The first kappa shape index (κ1) is 10.6. The highest BCUT2D eigenvalue weighted by Crippen LogP contribution is 2.42. The van der Waals surface area contributed by atoms with E-state index in [0.29, 0.717) is 0 Å². The third kappa shape index (κ3) is 1.53. The number of hydrogen-bond acceptors (Lipinski definition) is 1. The van der Waals surface area contributed by atoms with Gasteiger partial charge in [-0.2, -0.15) is 0 Å². The molecule has 0 amide bonds. The largest absolute Gasteiger partial charge is 0.487 e. The molecule has 0 saturated carbocycles. The topological polar surface area (TPSA) is 9.23 Å². The Kier molecular flexibility index (Phi) is 2.36. The van der Waals surface area contributed by atoms with Gasteiger partial charge in [0.15, 0.2) is 0 Å². The van der Waals surface area contributed by atoms with Crippen molar-refractivity contribution in [2.45, 2.75) is 38.7 Å². The second kappa shape index (κ2) is 3.76. The zero-order chi connectivity index (χ0) is 11.9. The molecule has 1 heteroatoms. The van der Waals surface area contributed by atoms with E-state index in [9.17, 15) is 0 Å². The van der Waals surface area contributed by atoms with Gasteiger partial charge in [-0.1, -0.05) is 44.2 Å². The number of fused-ring (bicyclic) bond motifs is 3. The monoisotopic (exact) mass is 226 g/mol. The minimum absolute atomic E-state index is 0.0342. The van der Waals surface area contributed by atoms with Gasteiger partial charge in [0, 0.05) is 12.0 Å². The molecule has 0 aliphatic carbocycles. The fraction of sp³-hybridized carbons (Fsp3) is 0.375. The first-order valence-electron chi connectivity index (χ1n) is 6.47. The molecule has 1 aliphatic rings. The van der Waals surface area contributed by atoms with Crippen molar-refractivity contribution < 1.29 is 4.74 Å². The minimum atomic E-state index is 0.0342. The summed E-state index contributed by atoms with van der Waals surface area (Å²) in [6, 6.07) is 12.9. The molecule has 1 heterocycles. The Bertz CT molecular complexity index is 552. The Morgan fingerprint density at radius 2 is 1.82 bits per heavy atom. The van der Waals surface area contributed by atoms with Crippen LogP contribution in [0.4, 0.5) is 0 Å². The van der Waals surface area contributed by atoms with E-state index in [-0.39, 0.29) is 5.60 Å². The van der Waals surface area contributed by atoms with Gasteiger partial charge in [0.1, 0.15) is 11.4 Å². The smallest absolute Gasteiger partial charge is 0.124 e. The standard InChI is InChI=1S/C16H18O/c1-3-16(4-2)11-14-13-8-6-5-7-12(13)9-10-15(14)17-16/h5-10H,3-4,11H2,1-2H3. The molecule has 0 N–H and O–H groups in total. The fourth-order valence-electron chi connectivity index (χ4n) is 2.83. The number of hydrogen-bond donors (Lipinski definition) is 0. The molecule has 0 atom stereocenters. The maximum absolute atomic E-state index is 6.20. The zero-order valence-corrected chi connectivity index (χ0v) is 10.5. The van der Waals surface area contributed by atoms with Crippen molar-refractivity contribution in [1.82, 2.24) is 0 Å². The summed E-state index contributed by atoms with van der Waals surface area (Å²) in [5.74, 6) is 1.09. The van der Waals surface area contributed by atoms with Gasteiger partial charge in [0.2, 0.25) is 0 Å². The Morgan fingerprint density at radius 1 is 1.06 bits per heavy atom. The third-order valence-corrected chi connectivity index (χ3v) is 4.11. The average Bonchev–Trinajstić information content (AvgIpc) is 2.78. The second-order valence-electron chi connectivity index (χ2n) is 4.93. The number of rotatable bonds is 2. The molecular formula is C16H18O. The highest BCUT2D eigenvalue weighted by molar-refractivity contribution is 5.88. The van der Waals surface area contributed by atoms with Crippen LogP contribution in [0.5, 0.6) is 5.75 Å². The summed E-state index contributed by atoms with van der Waals surface area (Å²) in [5, 5.41) is 2.67. The van der Waals surface area contributed by atoms with E-state index < -0.39 is 0 Å². The van der Waals surface area contributed by atoms with Crippen molar-refractivity contribution in [3.63, 3.8) is 0 Å². The maximum atomic E-state index is 6.20. The summed E-state index contributed by atoms with van der Waals surface area (Å²) in [5.41, 5.74) is 1.43. The summed E-state index contributed by atoms with van der Waals surface area (Å²) in [6.07, 6.45) is 3.20. The van der Waals surface area contributed by atoms with Crippen LogP contribution < -0.4 is 4.74 Å². The van der Waals surface area contributed by atoms with Crippen LogP contribution in [-0.2, 0) is 6.42 Å². The van der Waals surface area contributed by atoms with Crippen LogP contribution in [-0.4, -0.2) is 5.60 Å². The van der Waals surface area contributed by atoms with Crippen LogP contribution in [0.25, 0.3) is 10.8 Å². The van der Waals surface area contributed by atoms with Crippen LogP contribution in [0.2, 0.25) is 0 Å². The molecule has 88 valence electrons. The van der Waals surface area contributed by atoms with E-state index in [1.165, 1.54) is 16.3 Å². The Hall–Kier alpha value is -1.50. The van der Waals surface area contributed by atoms with Gasteiger partial charge >= 0.3 is 0 Å². The van der Waals surface area contributed by atoms with Gasteiger partial charge in [0.05, 0.1) is 0 Å². The SMILES string of the molecule is CCC1(CC)Cc2c(ccc3ccccc23)O1. The molecule has 2 aromatic carbocycles. The van der Waals surface area contributed by atoms with E-state index in [1.54, 1.807) is 0 Å². The molecule has 0 saturated heterocycles. The van der Waals surface area contributed by atoms with E-state index in [0.717, 1.165) is 25.0 Å². The van der Waals surface area contributed by atoms with E-state index in [4.69, 9.17) is 4.74 Å². The number of benzene rings is 2. The highest BCUT2D eigenvalue weighted by Gasteiger charge is 2.36. The molecule has 1 aliphatic heterocycles. The zero-order valence-electron chi connectivity index (χ0n) is 10.5. The Labute approximate surface area is 102 Å². The van der Waals surface area contributed by atoms with Crippen molar-refractivity contribution in [2.24, 2.45) is 0 Å². The van der Waals surface area contributed by atoms with Crippen molar-refractivity contribution in [3.05, 3.63) is 42.0 Å². The summed E-state index contributed by atoms with van der Waals surface area (Å²) in [6.45, 7) is 4.44. The van der Waals surface area contributed by atoms with Gasteiger partial charge in [-0.15, -0.1) is 0 Å². The van der Waals surface area contributed by atoms with Crippen LogP contribution in [0.3, 0.4) is 0 Å². The highest BCUT2D eigenvalue weighted by atomic mass is 16.5. The third-order valence-electron chi connectivity index (χ3n) is 4.11. The van der Waals surface area contributed by atoms with Crippen molar-refractivity contribution >= 4 is 10.8 Å². The van der Waals surface area contributed by atoms with E-state index in [1.807, 2.05) is 0 Å². The van der Waals surface area contributed by atoms with E-state index in [2.05, 4.69) is 50.2 Å². The van der Waals surface area contributed by atoms with Gasteiger partial charge in [-0.05, 0) is 29.7 Å². The minimum Gasteiger partial charge on any atom is -0.487 e. The first-order chi connectivity index (χ1) is 8.28. The average molecular weight is 226 g/mol. The first-order valence-corrected chi connectivity index (χ1v) is 6.47. The van der Waals surface area contributed by atoms with Crippen LogP contribution >= 0.6 is 0 Å². The predicted octanol–water partition coefficient (Wildman–Crippen LogP) is 4.33. The second-order valence-corrected chi connectivity index (χ2v) is 4.93.